The summed E-state index contributed by atoms with van der Waals surface area (Å²) in [6, 6.07) is 9.48. The average Bonchev–Trinajstić information content (AvgIpc) is 2.40. The van der Waals surface area contributed by atoms with E-state index in [4.69, 9.17) is 5.26 Å². The second-order valence-electron chi connectivity index (χ2n) is 4.18. The van der Waals surface area contributed by atoms with Crippen LogP contribution in [-0.2, 0) is 0 Å². The number of benzene rings is 1. The molecule has 0 atom stereocenters. The predicted octanol–water partition coefficient (Wildman–Crippen LogP) is 3.59. The van der Waals surface area contributed by atoms with Crippen LogP contribution in [-0.4, -0.2) is 16.5 Å². The van der Waals surface area contributed by atoms with E-state index in [2.05, 4.69) is 42.6 Å². The molecular formula is C14H14BrN5. The third-order valence-electron chi connectivity index (χ3n) is 2.55. The summed E-state index contributed by atoms with van der Waals surface area (Å²) in [7, 11) is 0. The van der Waals surface area contributed by atoms with Crippen molar-refractivity contribution in [2.24, 2.45) is 0 Å². The van der Waals surface area contributed by atoms with Crippen molar-refractivity contribution in [1.29, 1.82) is 5.26 Å². The molecule has 0 saturated heterocycles. The highest BCUT2D eigenvalue weighted by Crippen LogP contribution is 2.23. The minimum atomic E-state index is 0.556. The second-order valence-corrected chi connectivity index (χ2v) is 5.09. The van der Waals surface area contributed by atoms with Gasteiger partial charge in [-0.1, -0.05) is 15.9 Å². The molecule has 1 aromatic carbocycles. The highest BCUT2D eigenvalue weighted by Gasteiger charge is 2.06. The molecule has 2 aromatic rings. The molecule has 0 aliphatic rings. The largest absolute Gasteiger partial charge is 0.354 e. The molecule has 2 N–H and O–H groups in total. The topological polar surface area (TPSA) is 73.6 Å². The quantitative estimate of drug-likeness (QED) is 0.895. The lowest BCUT2D eigenvalue weighted by Crippen LogP contribution is -2.05. The number of halogens is 1. The highest BCUT2D eigenvalue weighted by molar-refractivity contribution is 9.10. The molecule has 20 heavy (non-hydrogen) atoms. The molecule has 2 rings (SSSR count). The minimum absolute atomic E-state index is 0.556. The third kappa shape index (κ3) is 3.45. The van der Waals surface area contributed by atoms with Gasteiger partial charge in [-0.2, -0.15) is 10.2 Å². The Morgan fingerprint density at radius 3 is 2.80 bits per heavy atom. The fourth-order valence-electron chi connectivity index (χ4n) is 1.73. The lowest BCUT2D eigenvalue weighted by Gasteiger charge is -2.10. The smallest absolute Gasteiger partial charge is 0.224 e. The Hall–Kier alpha value is -2.13. The molecule has 5 nitrogen and oxygen atoms in total. The van der Waals surface area contributed by atoms with E-state index in [9.17, 15) is 0 Å². The van der Waals surface area contributed by atoms with Crippen LogP contribution in [0, 0.1) is 18.3 Å². The van der Waals surface area contributed by atoms with Gasteiger partial charge in [-0.15, -0.1) is 0 Å². The van der Waals surface area contributed by atoms with Crippen LogP contribution in [0.25, 0.3) is 0 Å². The lowest BCUT2D eigenvalue weighted by atomic mass is 10.2. The molecule has 0 radical (unpaired) electrons. The fraction of sp³-hybridized carbons (Fsp3) is 0.214. The predicted molar refractivity (Wildman–Crippen MR) is 83.1 cm³/mol. The van der Waals surface area contributed by atoms with Gasteiger partial charge >= 0.3 is 0 Å². The summed E-state index contributed by atoms with van der Waals surface area (Å²) in [5, 5.41) is 15.4. The van der Waals surface area contributed by atoms with Crippen molar-refractivity contribution in [3.63, 3.8) is 0 Å². The number of hydrogen-bond donors (Lipinski definition) is 2. The highest BCUT2D eigenvalue weighted by atomic mass is 79.9. The van der Waals surface area contributed by atoms with Crippen LogP contribution in [0.3, 0.4) is 0 Å². The summed E-state index contributed by atoms with van der Waals surface area (Å²) in [5.41, 5.74) is 2.13. The molecule has 0 unspecified atom stereocenters. The summed E-state index contributed by atoms with van der Waals surface area (Å²) in [4.78, 5) is 8.65. The first-order valence-corrected chi connectivity index (χ1v) is 6.98. The van der Waals surface area contributed by atoms with Crippen LogP contribution in [0.4, 0.5) is 17.5 Å². The van der Waals surface area contributed by atoms with Crippen LogP contribution in [0.2, 0.25) is 0 Å². The first kappa shape index (κ1) is 14.3. The summed E-state index contributed by atoms with van der Waals surface area (Å²) in [6.07, 6.45) is 0. The molecule has 0 amide bonds. The number of hydrogen-bond acceptors (Lipinski definition) is 5. The van der Waals surface area contributed by atoms with Crippen molar-refractivity contribution in [3.8, 4) is 6.07 Å². The lowest BCUT2D eigenvalue weighted by molar-refractivity contribution is 1.05. The number of aryl methyl sites for hydroxylation is 1. The molecule has 1 heterocycles. The number of aromatic nitrogens is 2. The van der Waals surface area contributed by atoms with Gasteiger partial charge in [0.05, 0.1) is 11.3 Å². The van der Waals surface area contributed by atoms with Gasteiger partial charge in [-0.05, 0) is 32.0 Å². The Kier molecular flexibility index (Phi) is 4.53. The zero-order valence-corrected chi connectivity index (χ0v) is 12.8. The standard InChI is InChI=1S/C14H14BrN5/c1-3-17-14-18-9(2)6-13(20-14)19-12-5-4-11(15)7-10(12)8-16/h4-7H,3H2,1-2H3,(H2,17,18,19,20). The molecule has 0 aliphatic heterocycles. The maximum Gasteiger partial charge on any atom is 0.224 e. The molecule has 102 valence electrons. The average molecular weight is 332 g/mol. The number of nitrogens with zero attached hydrogens (tertiary/aromatic N) is 3. The van der Waals surface area contributed by atoms with E-state index in [1.54, 1.807) is 6.07 Å². The number of anilines is 3. The van der Waals surface area contributed by atoms with Crippen molar-refractivity contribution < 1.29 is 0 Å². The summed E-state index contributed by atoms with van der Waals surface area (Å²) < 4.78 is 0.867. The van der Waals surface area contributed by atoms with Gasteiger partial charge in [0, 0.05) is 22.8 Å². The minimum Gasteiger partial charge on any atom is -0.354 e. The van der Waals surface area contributed by atoms with Crippen molar-refractivity contribution in [3.05, 3.63) is 40.0 Å². The molecule has 0 bridgehead atoms. The van der Waals surface area contributed by atoms with Crippen molar-refractivity contribution >= 4 is 33.4 Å². The molecule has 1 aromatic heterocycles. The van der Waals surface area contributed by atoms with Crippen molar-refractivity contribution in [2.75, 3.05) is 17.2 Å². The summed E-state index contributed by atoms with van der Waals surface area (Å²) in [6.45, 7) is 4.65. The number of nitriles is 1. The van der Waals surface area contributed by atoms with Gasteiger partial charge in [-0.3, -0.25) is 0 Å². The number of nitrogens with one attached hydrogen (secondary N) is 2. The van der Waals surface area contributed by atoms with E-state index in [1.807, 2.05) is 32.0 Å². The molecule has 0 aliphatic carbocycles. The van der Waals surface area contributed by atoms with Gasteiger partial charge in [-0.25, -0.2) is 4.98 Å². The van der Waals surface area contributed by atoms with Crippen LogP contribution in [0.5, 0.6) is 0 Å². The molecule has 6 heteroatoms. The van der Waals surface area contributed by atoms with E-state index in [-0.39, 0.29) is 0 Å². The van der Waals surface area contributed by atoms with Crippen LogP contribution in [0.15, 0.2) is 28.7 Å². The molecule has 0 saturated carbocycles. The monoisotopic (exact) mass is 331 g/mol. The summed E-state index contributed by atoms with van der Waals surface area (Å²) in [5.74, 6) is 1.23. The van der Waals surface area contributed by atoms with Gasteiger partial charge in [0.25, 0.3) is 0 Å². The zero-order chi connectivity index (χ0) is 14.5. The first-order chi connectivity index (χ1) is 9.62. The van der Waals surface area contributed by atoms with E-state index >= 15 is 0 Å². The van der Waals surface area contributed by atoms with Crippen LogP contribution < -0.4 is 10.6 Å². The molecule has 0 fully saturated rings. The molecule has 0 spiro atoms. The number of rotatable bonds is 4. The fourth-order valence-corrected chi connectivity index (χ4v) is 2.09. The van der Waals surface area contributed by atoms with Gasteiger partial charge in [0.2, 0.25) is 5.95 Å². The maximum atomic E-state index is 9.16. The molecular weight excluding hydrogens is 318 g/mol. The van der Waals surface area contributed by atoms with E-state index in [1.165, 1.54) is 0 Å². The van der Waals surface area contributed by atoms with E-state index in [0.29, 0.717) is 17.3 Å². The van der Waals surface area contributed by atoms with Crippen LogP contribution in [0.1, 0.15) is 18.2 Å². The third-order valence-corrected chi connectivity index (χ3v) is 3.05. The van der Waals surface area contributed by atoms with E-state index in [0.717, 1.165) is 22.4 Å². The Balaban J connectivity index is 2.32. The summed E-state index contributed by atoms with van der Waals surface area (Å²) >= 11 is 3.35. The zero-order valence-electron chi connectivity index (χ0n) is 11.2. The SMILES string of the molecule is CCNc1nc(C)cc(Nc2ccc(Br)cc2C#N)n1. The van der Waals surface area contributed by atoms with Crippen molar-refractivity contribution in [2.45, 2.75) is 13.8 Å². The Labute approximate surface area is 126 Å². The Morgan fingerprint density at radius 2 is 2.10 bits per heavy atom. The van der Waals surface area contributed by atoms with Crippen LogP contribution >= 0.6 is 15.9 Å². The van der Waals surface area contributed by atoms with Crippen molar-refractivity contribution in [1.82, 2.24) is 9.97 Å². The maximum absolute atomic E-state index is 9.16. The Bertz CT molecular complexity index is 663. The Morgan fingerprint density at radius 1 is 1.30 bits per heavy atom. The van der Waals surface area contributed by atoms with Gasteiger partial charge < -0.3 is 10.6 Å². The normalized spacial score (nSPS) is 9.90. The van der Waals surface area contributed by atoms with E-state index < -0.39 is 0 Å². The first-order valence-electron chi connectivity index (χ1n) is 6.18. The van der Waals surface area contributed by atoms with Gasteiger partial charge in [0.15, 0.2) is 0 Å². The second kappa shape index (κ2) is 6.35. The van der Waals surface area contributed by atoms with Gasteiger partial charge in [0.1, 0.15) is 11.9 Å².